The summed E-state index contributed by atoms with van der Waals surface area (Å²) in [5.74, 6) is 2.91. The first-order valence-corrected chi connectivity index (χ1v) is 8.65. The van der Waals surface area contributed by atoms with Crippen LogP contribution in [-0.4, -0.2) is 37.1 Å². The van der Waals surface area contributed by atoms with E-state index in [0.717, 1.165) is 29.8 Å². The third kappa shape index (κ3) is 3.33. The van der Waals surface area contributed by atoms with Gasteiger partial charge >= 0.3 is 0 Å². The first-order chi connectivity index (χ1) is 9.22. The van der Waals surface area contributed by atoms with Crippen LogP contribution in [0.2, 0.25) is 0 Å². The minimum atomic E-state index is 0.904. The van der Waals surface area contributed by atoms with Crippen molar-refractivity contribution in [1.82, 2.24) is 10.2 Å². The molecule has 0 amide bonds. The maximum absolute atomic E-state index is 3.80. The number of fused-ring (bicyclic) bond motifs is 2. The molecule has 0 spiro atoms. The Balaban J connectivity index is 1.35. The number of hydrogen-bond acceptors (Lipinski definition) is 2. The van der Waals surface area contributed by atoms with Crippen LogP contribution in [0, 0.1) is 17.8 Å². The monoisotopic (exact) mass is 264 g/mol. The molecule has 2 nitrogen and oxygen atoms in total. The lowest BCUT2D eigenvalue weighted by Crippen LogP contribution is -2.43. The Hall–Kier alpha value is -0.0800. The molecule has 2 bridgehead atoms. The molecule has 110 valence electrons. The highest BCUT2D eigenvalue weighted by Crippen LogP contribution is 2.37. The van der Waals surface area contributed by atoms with Gasteiger partial charge in [-0.05, 0) is 76.4 Å². The predicted molar refractivity (Wildman–Crippen MR) is 81.3 cm³/mol. The van der Waals surface area contributed by atoms with Gasteiger partial charge in [-0.3, -0.25) is 0 Å². The van der Waals surface area contributed by atoms with Gasteiger partial charge < -0.3 is 10.2 Å². The van der Waals surface area contributed by atoms with E-state index in [4.69, 9.17) is 0 Å². The Morgan fingerprint density at radius 1 is 0.842 bits per heavy atom. The van der Waals surface area contributed by atoms with E-state index in [1.165, 1.54) is 64.5 Å². The molecular weight excluding hydrogens is 232 g/mol. The number of rotatable bonds is 4. The minimum Gasteiger partial charge on any atom is -0.316 e. The quantitative estimate of drug-likeness (QED) is 0.838. The van der Waals surface area contributed by atoms with Gasteiger partial charge in [-0.1, -0.05) is 19.8 Å². The van der Waals surface area contributed by atoms with E-state index in [2.05, 4.69) is 24.2 Å². The number of hydrogen-bond donors (Lipinski definition) is 1. The topological polar surface area (TPSA) is 15.3 Å². The predicted octanol–water partition coefficient (Wildman–Crippen LogP) is 3.28. The zero-order chi connectivity index (χ0) is 13.2. The summed E-state index contributed by atoms with van der Waals surface area (Å²) in [6.07, 6.45) is 11.7. The fourth-order valence-electron chi connectivity index (χ4n) is 4.72. The van der Waals surface area contributed by atoms with Crippen molar-refractivity contribution in [2.75, 3.05) is 20.1 Å². The van der Waals surface area contributed by atoms with E-state index >= 15 is 0 Å². The first kappa shape index (κ1) is 13.9. The molecule has 0 aromatic heterocycles. The molecule has 2 aliphatic heterocycles. The van der Waals surface area contributed by atoms with Crippen LogP contribution in [-0.2, 0) is 0 Å². The van der Waals surface area contributed by atoms with Gasteiger partial charge in [0, 0.05) is 12.1 Å². The fraction of sp³-hybridized carbons (Fsp3) is 1.00. The molecule has 3 rings (SSSR count). The maximum Gasteiger partial charge on any atom is 0.00988 e. The van der Waals surface area contributed by atoms with E-state index in [-0.39, 0.29) is 0 Å². The molecule has 0 aromatic carbocycles. The molecule has 0 radical (unpaired) electrons. The van der Waals surface area contributed by atoms with E-state index < -0.39 is 0 Å². The zero-order valence-corrected chi connectivity index (χ0v) is 12.9. The lowest BCUT2D eigenvalue weighted by atomic mass is 9.83. The molecule has 1 aliphatic carbocycles. The summed E-state index contributed by atoms with van der Waals surface area (Å²) >= 11 is 0. The summed E-state index contributed by atoms with van der Waals surface area (Å²) in [4.78, 5) is 2.65. The molecule has 0 aromatic rings. The second-order valence-corrected chi connectivity index (χ2v) is 7.67. The van der Waals surface area contributed by atoms with Crippen LogP contribution < -0.4 is 5.32 Å². The van der Waals surface area contributed by atoms with Crippen LogP contribution in [0.4, 0.5) is 0 Å². The first-order valence-electron chi connectivity index (χ1n) is 8.65. The number of piperidine rings is 1. The second-order valence-electron chi connectivity index (χ2n) is 7.67. The molecule has 2 heterocycles. The minimum absolute atomic E-state index is 0.904. The van der Waals surface area contributed by atoms with Crippen molar-refractivity contribution in [3.63, 3.8) is 0 Å². The van der Waals surface area contributed by atoms with Crippen molar-refractivity contribution in [2.24, 2.45) is 17.8 Å². The second kappa shape index (κ2) is 6.13. The van der Waals surface area contributed by atoms with Gasteiger partial charge in [0.15, 0.2) is 0 Å². The molecule has 3 fully saturated rings. The van der Waals surface area contributed by atoms with Crippen LogP contribution >= 0.6 is 0 Å². The number of nitrogens with zero attached hydrogens (tertiary/aromatic N) is 1. The van der Waals surface area contributed by atoms with Crippen molar-refractivity contribution < 1.29 is 0 Å². The average Bonchev–Trinajstić information content (AvgIpc) is 2.64. The van der Waals surface area contributed by atoms with Crippen molar-refractivity contribution in [2.45, 2.75) is 70.4 Å². The Labute approximate surface area is 119 Å². The van der Waals surface area contributed by atoms with Gasteiger partial charge in [-0.15, -0.1) is 0 Å². The van der Waals surface area contributed by atoms with Crippen LogP contribution in [0.1, 0.15) is 58.3 Å². The highest BCUT2D eigenvalue weighted by Gasteiger charge is 2.38. The van der Waals surface area contributed by atoms with Crippen molar-refractivity contribution in [3.05, 3.63) is 0 Å². The highest BCUT2D eigenvalue weighted by molar-refractivity contribution is 4.93. The molecular formula is C17H32N2. The summed E-state index contributed by atoms with van der Waals surface area (Å²) in [6, 6.07) is 1.81. The van der Waals surface area contributed by atoms with Gasteiger partial charge in [-0.2, -0.15) is 0 Å². The van der Waals surface area contributed by atoms with Crippen molar-refractivity contribution >= 4 is 0 Å². The smallest absolute Gasteiger partial charge is 0.00988 e. The number of nitrogens with one attached hydrogen (secondary N) is 1. The molecule has 3 aliphatic rings. The highest BCUT2D eigenvalue weighted by atomic mass is 15.2. The summed E-state index contributed by atoms with van der Waals surface area (Å²) in [7, 11) is 2.34. The molecule has 2 unspecified atom stereocenters. The maximum atomic E-state index is 3.80. The Kier molecular flexibility index (Phi) is 4.48. The van der Waals surface area contributed by atoms with Gasteiger partial charge in [0.25, 0.3) is 0 Å². The molecule has 1 saturated carbocycles. The average molecular weight is 264 g/mol. The fourth-order valence-corrected chi connectivity index (χ4v) is 4.72. The molecule has 2 saturated heterocycles. The Morgan fingerprint density at radius 2 is 1.42 bits per heavy atom. The third-order valence-electron chi connectivity index (χ3n) is 6.20. The molecule has 2 heteroatoms. The Morgan fingerprint density at radius 3 is 2.05 bits per heavy atom. The van der Waals surface area contributed by atoms with Crippen LogP contribution in [0.15, 0.2) is 0 Å². The van der Waals surface area contributed by atoms with Crippen LogP contribution in [0.5, 0.6) is 0 Å². The molecule has 2 atom stereocenters. The van der Waals surface area contributed by atoms with E-state index in [1.54, 1.807) is 0 Å². The zero-order valence-electron chi connectivity index (χ0n) is 12.9. The third-order valence-corrected chi connectivity index (χ3v) is 6.20. The van der Waals surface area contributed by atoms with Gasteiger partial charge in [0.05, 0.1) is 0 Å². The normalized spacial score (nSPS) is 43.6. The Bertz CT molecular complexity index is 269. The lowest BCUT2D eigenvalue weighted by Gasteiger charge is -2.36. The van der Waals surface area contributed by atoms with Crippen molar-refractivity contribution in [3.8, 4) is 0 Å². The van der Waals surface area contributed by atoms with E-state index in [1.807, 2.05) is 0 Å². The van der Waals surface area contributed by atoms with Gasteiger partial charge in [-0.25, -0.2) is 0 Å². The van der Waals surface area contributed by atoms with Gasteiger partial charge in [0.2, 0.25) is 0 Å². The van der Waals surface area contributed by atoms with Gasteiger partial charge in [0.1, 0.15) is 0 Å². The van der Waals surface area contributed by atoms with E-state index in [0.29, 0.717) is 0 Å². The largest absolute Gasteiger partial charge is 0.316 e. The summed E-state index contributed by atoms with van der Waals surface area (Å²) in [6.45, 7) is 4.99. The summed E-state index contributed by atoms with van der Waals surface area (Å²) in [5, 5.41) is 3.80. The van der Waals surface area contributed by atoms with Crippen molar-refractivity contribution in [1.29, 1.82) is 0 Å². The lowest BCUT2D eigenvalue weighted by molar-refractivity contribution is 0.131. The SMILES string of the molecule is CC1CCC(CNCC2CC3CCC(C2)N3C)CC1. The summed E-state index contributed by atoms with van der Waals surface area (Å²) in [5.41, 5.74) is 0. The van der Waals surface area contributed by atoms with Crippen LogP contribution in [0.3, 0.4) is 0 Å². The molecule has 19 heavy (non-hydrogen) atoms. The summed E-state index contributed by atoms with van der Waals surface area (Å²) < 4.78 is 0. The van der Waals surface area contributed by atoms with E-state index in [9.17, 15) is 0 Å². The van der Waals surface area contributed by atoms with Crippen LogP contribution in [0.25, 0.3) is 0 Å². The molecule has 1 N–H and O–H groups in total. The standard InChI is InChI=1S/C17H32N2/c1-13-3-5-14(6-4-13)11-18-12-15-9-16-7-8-17(10-15)19(16)2/h13-18H,3-12H2,1-2H3.